The fraction of sp³-hybridized carbons (Fsp3) is 0.500. The first-order chi connectivity index (χ1) is 6.82. The second-order valence-corrected chi connectivity index (χ2v) is 5.27. The molecule has 0 aliphatic rings. The second kappa shape index (κ2) is 4.18. The van der Waals surface area contributed by atoms with Crippen molar-refractivity contribution in [2.24, 2.45) is 5.41 Å². The number of carbonyl (C=O) groups excluding carboxylic acids is 1. The van der Waals surface area contributed by atoms with Crippen molar-refractivity contribution in [3.63, 3.8) is 0 Å². The molecule has 1 unspecified atom stereocenters. The standard InChI is InChI=1S/C14H20O/c1-10(14(3,4)5)12-7-6-8-13(9-12)11(2)15/h6-10H,1-5H3. The van der Waals surface area contributed by atoms with Gasteiger partial charge in [0.15, 0.2) is 5.78 Å². The van der Waals surface area contributed by atoms with Gasteiger partial charge in [0.05, 0.1) is 0 Å². The van der Waals surface area contributed by atoms with E-state index in [1.807, 2.05) is 18.2 Å². The van der Waals surface area contributed by atoms with Crippen molar-refractivity contribution in [1.29, 1.82) is 0 Å². The SMILES string of the molecule is CC(=O)c1cccc(C(C)C(C)(C)C)c1. The lowest BCUT2D eigenvalue weighted by Crippen LogP contribution is -2.15. The summed E-state index contributed by atoms with van der Waals surface area (Å²) in [4.78, 5) is 11.3. The van der Waals surface area contributed by atoms with E-state index in [2.05, 4.69) is 33.8 Å². The Morgan fingerprint density at radius 3 is 2.33 bits per heavy atom. The molecule has 1 atom stereocenters. The zero-order valence-electron chi connectivity index (χ0n) is 10.3. The highest BCUT2D eigenvalue weighted by Gasteiger charge is 2.21. The molecule has 0 saturated carbocycles. The molecule has 0 amide bonds. The third kappa shape index (κ3) is 2.92. The molecule has 0 saturated heterocycles. The summed E-state index contributed by atoms with van der Waals surface area (Å²) in [7, 11) is 0. The Hall–Kier alpha value is -1.11. The van der Waals surface area contributed by atoms with Gasteiger partial charge in [-0.15, -0.1) is 0 Å². The summed E-state index contributed by atoms with van der Waals surface area (Å²) in [6.07, 6.45) is 0. The van der Waals surface area contributed by atoms with E-state index in [1.165, 1.54) is 5.56 Å². The van der Waals surface area contributed by atoms with E-state index in [0.29, 0.717) is 5.92 Å². The Morgan fingerprint density at radius 2 is 1.87 bits per heavy atom. The van der Waals surface area contributed by atoms with Gasteiger partial charge in [-0.1, -0.05) is 45.9 Å². The van der Waals surface area contributed by atoms with Gasteiger partial charge in [-0.05, 0) is 29.9 Å². The summed E-state index contributed by atoms with van der Waals surface area (Å²) in [6.45, 7) is 10.5. The van der Waals surface area contributed by atoms with Crippen molar-refractivity contribution < 1.29 is 4.79 Å². The molecule has 0 aromatic heterocycles. The molecule has 1 rings (SSSR count). The third-order valence-corrected chi connectivity index (χ3v) is 3.09. The predicted octanol–water partition coefficient (Wildman–Crippen LogP) is 4.04. The predicted molar refractivity (Wildman–Crippen MR) is 64.3 cm³/mol. The molecule has 0 spiro atoms. The van der Waals surface area contributed by atoms with Crippen LogP contribution >= 0.6 is 0 Å². The van der Waals surface area contributed by atoms with Crippen molar-refractivity contribution in [2.45, 2.75) is 40.5 Å². The van der Waals surface area contributed by atoms with Gasteiger partial charge in [0.2, 0.25) is 0 Å². The number of rotatable bonds is 2. The Bertz CT molecular complexity index is 358. The summed E-state index contributed by atoms with van der Waals surface area (Å²) in [5.74, 6) is 0.592. The zero-order chi connectivity index (χ0) is 11.6. The van der Waals surface area contributed by atoms with Crippen LogP contribution in [-0.4, -0.2) is 5.78 Å². The van der Waals surface area contributed by atoms with Crippen molar-refractivity contribution in [3.05, 3.63) is 35.4 Å². The molecular weight excluding hydrogens is 184 g/mol. The van der Waals surface area contributed by atoms with E-state index >= 15 is 0 Å². The molecule has 0 N–H and O–H groups in total. The minimum atomic E-state index is 0.137. The highest BCUT2D eigenvalue weighted by atomic mass is 16.1. The maximum atomic E-state index is 11.3. The summed E-state index contributed by atoms with van der Waals surface area (Å²) in [5, 5.41) is 0. The molecule has 0 aliphatic heterocycles. The summed E-state index contributed by atoms with van der Waals surface area (Å²) in [6, 6.07) is 7.95. The van der Waals surface area contributed by atoms with Crippen LogP contribution in [-0.2, 0) is 0 Å². The summed E-state index contributed by atoms with van der Waals surface area (Å²) >= 11 is 0. The van der Waals surface area contributed by atoms with Crippen LogP contribution in [0.5, 0.6) is 0 Å². The maximum absolute atomic E-state index is 11.3. The highest BCUT2D eigenvalue weighted by Crippen LogP contribution is 2.34. The maximum Gasteiger partial charge on any atom is 0.159 e. The van der Waals surface area contributed by atoms with E-state index in [9.17, 15) is 4.79 Å². The number of Topliss-reactive ketones (excluding diaryl/α,β-unsaturated/α-hetero) is 1. The normalized spacial score (nSPS) is 13.7. The van der Waals surface area contributed by atoms with Crippen molar-refractivity contribution in [2.75, 3.05) is 0 Å². The third-order valence-electron chi connectivity index (χ3n) is 3.09. The minimum absolute atomic E-state index is 0.137. The number of ketones is 1. The first-order valence-corrected chi connectivity index (χ1v) is 5.43. The van der Waals surface area contributed by atoms with Gasteiger partial charge in [-0.25, -0.2) is 0 Å². The monoisotopic (exact) mass is 204 g/mol. The molecule has 0 heterocycles. The van der Waals surface area contributed by atoms with Crippen LogP contribution < -0.4 is 0 Å². The van der Waals surface area contributed by atoms with Gasteiger partial charge < -0.3 is 0 Å². The first kappa shape index (κ1) is 12.0. The molecule has 0 radical (unpaired) electrons. The van der Waals surface area contributed by atoms with Crippen LogP contribution in [0.4, 0.5) is 0 Å². The molecule has 1 nitrogen and oxygen atoms in total. The molecule has 82 valence electrons. The van der Waals surface area contributed by atoms with Gasteiger partial charge >= 0.3 is 0 Å². The molecule has 0 bridgehead atoms. The van der Waals surface area contributed by atoms with Crippen LogP contribution in [0, 0.1) is 5.41 Å². The number of hydrogen-bond donors (Lipinski definition) is 0. The Labute approximate surface area is 92.5 Å². The van der Waals surface area contributed by atoms with Gasteiger partial charge in [0.1, 0.15) is 0 Å². The quantitative estimate of drug-likeness (QED) is 0.664. The van der Waals surface area contributed by atoms with E-state index in [1.54, 1.807) is 6.92 Å². The topological polar surface area (TPSA) is 17.1 Å². The second-order valence-electron chi connectivity index (χ2n) is 5.27. The van der Waals surface area contributed by atoms with Crippen molar-refractivity contribution in [3.8, 4) is 0 Å². The largest absolute Gasteiger partial charge is 0.295 e. The molecular formula is C14H20O. The van der Waals surface area contributed by atoms with Crippen molar-refractivity contribution in [1.82, 2.24) is 0 Å². The zero-order valence-corrected chi connectivity index (χ0v) is 10.3. The Kier molecular flexibility index (Phi) is 3.33. The van der Waals surface area contributed by atoms with E-state index in [-0.39, 0.29) is 11.2 Å². The van der Waals surface area contributed by atoms with Crippen LogP contribution in [0.25, 0.3) is 0 Å². The fourth-order valence-electron chi connectivity index (χ4n) is 1.53. The lowest BCUT2D eigenvalue weighted by atomic mass is 9.77. The Balaban J connectivity index is 3.06. The molecule has 1 aromatic rings. The average Bonchev–Trinajstić information content (AvgIpc) is 2.15. The number of hydrogen-bond acceptors (Lipinski definition) is 1. The van der Waals surface area contributed by atoms with Gasteiger partial charge in [-0.3, -0.25) is 4.79 Å². The number of carbonyl (C=O) groups is 1. The average molecular weight is 204 g/mol. The van der Waals surface area contributed by atoms with Gasteiger partial charge in [-0.2, -0.15) is 0 Å². The van der Waals surface area contributed by atoms with Crippen LogP contribution in [0.2, 0.25) is 0 Å². The lowest BCUT2D eigenvalue weighted by Gasteiger charge is -2.27. The van der Waals surface area contributed by atoms with Gasteiger partial charge in [0.25, 0.3) is 0 Å². The van der Waals surface area contributed by atoms with E-state index in [0.717, 1.165) is 5.56 Å². The fourth-order valence-corrected chi connectivity index (χ4v) is 1.53. The minimum Gasteiger partial charge on any atom is -0.295 e. The smallest absolute Gasteiger partial charge is 0.159 e. The van der Waals surface area contributed by atoms with E-state index in [4.69, 9.17) is 0 Å². The van der Waals surface area contributed by atoms with Crippen molar-refractivity contribution >= 4 is 5.78 Å². The molecule has 1 heteroatoms. The number of benzene rings is 1. The first-order valence-electron chi connectivity index (χ1n) is 5.43. The molecule has 15 heavy (non-hydrogen) atoms. The molecule has 0 fully saturated rings. The summed E-state index contributed by atoms with van der Waals surface area (Å²) < 4.78 is 0. The molecule has 1 aromatic carbocycles. The van der Waals surface area contributed by atoms with E-state index < -0.39 is 0 Å². The highest BCUT2D eigenvalue weighted by molar-refractivity contribution is 5.94. The lowest BCUT2D eigenvalue weighted by molar-refractivity contribution is 0.101. The van der Waals surface area contributed by atoms with Crippen LogP contribution in [0.1, 0.15) is 56.5 Å². The molecule has 0 aliphatic carbocycles. The van der Waals surface area contributed by atoms with Crippen LogP contribution in [0.15, 0.2) is 24.3 Å². The van der Waals surface area contributed by atoms with Gasteiger partial charge in [0, 0.05) is 5.56 Å². The Morgan fingerprint density at radius 1 is 1.27 bits per heavy atom. The van der Waals surface area contributed by atoms with Crippen LogP contribution in [0.3, 0.4) is 0 Å². The summed E-state index contributed by atoms with van der Waals surface area (Å²) in [5.41, 5.74) is 2.29.